The third-order valence-corrected chi connectivity index (χ3v) is 3.94. The molecule has 0 aliphatic heterocycles. The molecule has 0 spiro atoms. The molecular formula is C19H19ClN2O3. The predicted octanol–water partition coefficient (Wildman–Crippen LogP) is 3.84. The molecule has 6 heteroatoms. The average Bonchev–Trinajstić information content (AvgIpc) is 2.55. The summed E-state index contributed by atoms with van der Waals surface area (Å²) in [6, 6.07) is 11.8. The molecule has 2 aromatic rings. The van der Waals surface area contributed by atoms with Gasteiger partial charge < -0.3 is 10.2 Å². The molecule has 2 aromatic carbocycles. The van der Waals surface area contributed by atoms with Gasteiger partial charge in [0.15, 0.2) is 5.78 Å². The van der Waals surface area contributed by atoms with Gasteiger partial charge in [0, 0.05) is 28.9 Å². The Bertz CT molecular complexity index is 833. The van der Waals surface area contributed by atoms with Crippen molar-refractivity contribution in [2.45, 2.75) is 20.8 Å². The summed E-state index contributed by atoms with van der Waals surface area (Å²) in [4.78, 5) is 37.2. The lowest BCUT2D eigenvalue weighted by atomic mass is 10.1. The van der Waals surface area contributed by atoms with Gasteiger partial charge in [-0.05, 0) is 49.7 Å². The van der Waals surface area contributed by atoms with Crippen LogP contribution in [-0.2, 0) is 9.59 Å². The molecule has 0 radical (unpaired) electrons. The predicted molar refractivity (Wildman–Crippen MR) is 99.3 cm³/mol. The van der Waals surface area contributed by atoms with E-state index >= 15 is 0 Å². The highest BCUT2D eigenvalue weighted by molar-refractivity contribution is 6.30. The van der Waals surface area contributed by atoms with Gasteiger partial charge in [-0.3, -0.25) is 14.4 Å². The zero-order valence-electron chi connectivity index (χ0n) is 14.3. The van der Waals surface area contributed by atoms with Gasteiger partial charge in [0.1, 0.15) is 6.54 Å². The summed E-state index contributed by atoms with van der Waals surface area (Å²) in [5, 5.41) is 3.36. The monoisotopic (exact) mass is 358 g/mol. The number of carbonyl (C=O) groups is 3. The molecule has 1 N–H and O–H groups in total. The van der Waals surface area contributed by atoms with Crippen molar-refractivity contribution in [3.63, 3.8) is 0 Å². The Morgan fingerprint density at radius 3 is 2.40 bits per heavy atom. The Balaban J connectivity index is 2.18. The van der Waals surface area contributed by atoms with Crippen molar-refractivity contribution in [1.82, 2.24) is 0 Å². The van der Waals surface area contributed by atoms with Gasteiger partial charge >= 0.3 is 0 Å². The van der Waals surface area contributed by atoms with Crippen molar-refractivity contribution in [3.05, 3.63) is 58.6 Å². The molecule has 0 heterocycles. The fourth-order valence-electron chi connectivity index (χ4n) is 2.38. The Kier molecular flexibility index (Phi) is 5.93. The van der Waals surface area contributed by atoms with Crippen LogP contribution >= 0.6 is 11.6 Å². The van der Waals surface area contributed by atoms with Crippen LogP contribution in [0.25, 0.3) is 0 Å². The summed E-state index contributed by atoms with van der Waals surface area (Å²) in [6.07, 6.45) is 0. The first-order valence-corrected chi connectivity index (χ1v) is 8.11. The Morgan fingerprint density at radius 2 is 1.80 bits per heavy atom. The summed E-state index contributed by atoms with van der Waals surface area (Å²) in [5.74, 6) is -0.732. The van der Waals surface area contributed by atoms with E-state index in [0.717, 1.165) is 5.56 Å². The molecule has 0 bridgehead atoms. The van der Waals surface area contributed by atoms with Crippen molar-refractivity contribution in [1.29, 1.82) is 0 Å². The molecule has 0 unspecified atom stereocenters. The van der Waals surface area contributed by atoms with E-state index in [-0.39, 0.29) is 24.1 Å². The third kappa shape index (κ3) is 4.90. The molecule has 2 amide bonds. The standard InChI is InChI=1S/C19H19ClN2O3/c1-12-9-16(20)7-8-18(12)21-19(25)11-22(14(3)24)17-6-4-5-15(10-17)13(2)23/h4-10H,11H2,1-3H3,(H,21,25). The van der Waals surface area contributed by atoms with E-state index in [1.54, 1.807) is 42.5 Å². The number of ketones is 1. The Morgan fingerprint density at radius 1 is 1.08 bits per heavy atom. The smallest absolute Gasteiger partial charge is 0.244 e. The number of nitrogens with one attached hydrogen (secondary N) is 1. The van der Waals surface area contributed by atoms with Crippen molar-refractivity contribution in [2.75, 3.05) is 16.8 Å². The third-order valence-electron chi connectivity index (χ3n) is 3.71. The zero-order chi connectivity index (χ0) is 18.6. The van der Waals surface area contributed by atoms with Crippen LogP contribution in [0.5, 0.6) is 0 Å². The maximum atomic E-state index is 12.4. The minimum Gasteiger partial charge on any atom is -0.324 e. The second kappa shape index (κ2) is 7.94. The Hall–Kier alpha value is -2.66. The van der Waals surface area contributed by atoms with E-state index in [2.05, 4.69) is 5.32 Å². The number of halogens is 1. The maximum absolute atomic E-state index is 12.4. The average molecular weight is 359 g/mol. The van der Waals surface area contributed by atoms with Crippen LogP contribution in [0, 0.1) is 6.92 Å². The molecule has 0 atom stereocenters. The lowest BCUT2D eigenvalue weighted by Crippen LogP contribution is -2.36. The van der Waals surface area contributed by atoms with Gasteiger partial charge in [-0.15, -0.1) is 0 Å². The number of rotatable bonds is 5. The fourth-order valence-corrected chi connectivity index (χ4v) is 2.60. The molecule has 0 aromatic heterocycles. The van der Waals surface area contributed by atoms with Crippen LogP contribution in [0.4, 0.5) is 11.4 Å². The van der Waals surface area contributed by atoms with E-state index in [9.17, 15) is 14.4 Å². The van der Waals surface area contributed by atoms with Crippen molar-refractivity contribution in [3.8, 4) is 0 Å². The highest BCUT2D eigenvalue weighted by Gasteiger charge is 2.17. The van der Waals surface area contributed by atoms with Gasteiger partial charge in [0.25, 0.3) is 0 Å². The summed E-state index contributed by atoms with van der Waals surface area (Å²) in [6.45, 7) is 4.51. The first-order valence-electron chi connectivity index (χ1n) is 7.73. The number of carbonyl (C=O) groups excluding carboxylic acids is 3. The van der Waals surface area contributed by atoms with Crippen LogP contribution in [-0.4, -0.2) is 24.1 Å². The van der Waals surface area contributed by atoms with Crippen LogP contribution in [0.15, 0.2) is 42.5 Å². The van der Waals surface area contributed by atoms with Crippen molar-refractivity contribution < 1.29 is 14.4 Å². The number of aryl methyl sites for hydroxylation is 1. The number of benzene rings is 2. The van der Waals surface area contributed by atoms with E-state index in [1.165, 1.54) is 18.7 Å². The van der Waals surface area contributed by atoms with Crippen molar-refractivity contribution in [2.24, 2.45) is 0 Å². The van der Waals surface area contributed by atoms with Gasteiger partial charge in [0.2, 0.25) is 11.8 Å². The summed E-state index contributed by atoms with van der Waals surface area (Å²) >= 11 is 5.91. The second-order valence-corrected chi connectivity index (χ2v) is 6.16. The fraction of sp³-hybridized carbons (Fsp3) is 0.211. The van der Waals surface area contributed by atoms with E-state index in [0.29, 0.717) is 22.0 Å². The normalized spacial score (nSPS) is 10.2. The molecule has 2 rings (SSSR count). The first kappa shape index (κ1) is 18.7. The minimum atomic E-state index is -0.339. The number of anilines is 2. The van der Waals surface area contributed by atoms with Crippen LogP contribution < -0.4 is 10.2 Å². The molecule has 25 heavy (non-hydrogen) atoms. The number of Topliss-reactive ketones (excluding diaryl/α,β-unsaturated/α-hetero) is 1. The molecule has 0 saturated heterocycles. The van der Waals surface area contributed by atoms with E-state index in [1.807, 2.05) is 6.92 Å². The first-order chi connectivity index (χ1) is 11.8. The van der Waals surface area contributed by atoms with Crippen molar-refractivity contribution >= 4 is 40.6 Å². The molecular weight excluding hydrogens is 340 g/mol. The highest BCUT2D eigenvalue weighted by atomic mass is 35.5. The SMILES string of the molecule is CC(=O)c1cccc(N(CC(=O)Nc2ccc(Cl)cc2C)C(C)=O)c1. The minimum absolute atomic E-state index is 0.105. The maximum Gasteiger partial charge on any atom is 0.244 e. The van der Waals surface area contributed by atoms with Gasteiger partial charge in [-0.1, -0.05) is 23.7 Å². The van der Waals surface area contributed by atoms with Gasteiger partial charge in [0.05, 0.1) is 0 Å². The largest absolute Gasteiger partial charge is 0.324 e. The second-order valence-electron chi connectivity index (χ2n) is 5.72. The van der Waals surface area contributed by atoms with E-state index in [4.69, 9.17) is 11.6 Å². The lowest BCUT2D eigenvalue weighted by molar-refractivity contribution is -0.120. The van der Waals surface area contributed by atoms with E-state index < -0.39 is 0 Å². The number of amides is 2. The number of hydrogen-bond donors (Lipinski definition) is 1. The van der Waals surface area contributed by atoms with Gasteiger partial charge in [-0.2, -0.15) is 0 Å². The molecule has 0 aliphatic rings. The topological polar surface area (TPSA) is 66.5 Å². The lowest BCUT2D eigenvalue weighted by Gasteiger charge is -2.21. The zero-order valence-corrected chi connectivity index (χ0v) is 15.1. The quantitative estimate of drug-likeness (QED) is 0.826. The molecule has 0 aliphatic carbocycles. The van der Waals surface area contributed by atoms with Crippen LogP contribution in [0.2, 0.25) is 5.02 Å². The Labute approximate surface area is 151 Å². The highest BCUT2D eigenvalue weighted by Crippen LogP contribution is 2.20. The molecule has 0 saturated carbocycles. The van der Waals surface area contributed by atoms with Gasteiger partial charge in [-0.25, -0.2) is 0 Å². The molecule has 0 fully saturated rings. The summed E-state index contributed by atoms with van der Waals surface area (Å²) in [7, 11) is 0. The number of nitrogens with zero attached hydrogens (tertiary/aromatic N) is 1. The summed E-state index contributed by atoms with van der Waals surface area (Å²) < 4.78 is 0. The molecule has 5 nitrogen and oxygen atoms in total. The number of hydrogen-bond acceptors (Lipinski definition) is 3. The van der Waals surface area contributed by atoms with Crippen LogP contribution in [0.3, 0.4) is 0 Å². The summed E-state index contributed by atoms with van der Waals surface area (Å²) in [5.41, 5.74) is 2.45. The molecule has 130 valence electrons. The van der Waals surface area contributed by atoms with Crippen LogP contribution in [0.1, 0.15) is 29.8 Å².